The maximum Gasteiger partial charge on any atom is 0.228 e. The summed E-state index contributed by atoms with van der Waals surface area (Å²) in [5, 5.41) is 0.546. The van der Waals surface area contributed by atoms with Gasteiger partial charge in [-0.05, 0) is 18.2 Å². The van der Waals surface area contributed by atoms with Gasteiger partial charge in [0.05, 0.1) is 31.1 Å². The Bertz CT molecular complexity index is 883. The Labute approximate surface area is 167 Å². The summed E-state index contributed by atoms with van der Waals surface area (Å²) in [6, 6.07) is 10.7. The van der Waals surface area contributed by atoms with Crippen LogP contribution in [-0.4, -0.2) is 54.5 Å². The van der Waals surface area contributed by atoms with Crippen molar-refractivity contribution >= 4 is 29.1 Å². The molecule has 2 aliphatic heterocycles. The minimum Gasteiger partial charge on any atom is -0.497 e. The van der Waals surface area contributed by atoms with Crippen LogP contribution in [0.15, 0.2) is 42.6 Å². The van der Waals surface area contributed by atoms with E-state index in [1.807, 2.05) is 18.2 Å². The molecule has 1 unspecified atom stereocenters. The second kappa shape index (κ2) is 7.67. The highest BCUT2D eigenvalue weighted by Gasteiger charge is 2.41. The van der Waals surface area contributed by atoms with Gasteiger partial charge >= 0.3 is 0 Å². The van der Waals surface area contributed by atoms with Gasteiger partial charge in [-0.25, -0.2) is 4.98 Å². The number of anilines is 1. The van der Waals surface area contributed by atoms with E-state index in [-0.39, 0.29) is 30.3 Å². The molecule has 2 aromatic rings. The van der Waals surface area contributed by atoms with Gasteiger partial charge in [0.2, 0.25) is 17.7 Å². The average Bonchev–Trinajstić information content (AvgIpc) is 3.07. The van der Waals surface area contributed by atoms with E-state index in [9.17, 15) is 9.59 Å². The number of methoxy groups -OCH3 is 1. The van der Waals surface area contributed by atoms with E-state index in [0.717, 1.165) is 5.69 Å². The number of benzene rings is 1. The van der Waals surface area contributed by atoms with Crippen molar-refractivity contribution in [2.75, 3.05) is 31.6 Å². The van der Waals surface area contributed by atoms with Crippen LogP contribution in [0.3, 0.4) is 0 Å². The predicted octanol–water partition coefficient (Wildman–Crippen LogP) is 2.39. The van der Waals surface area contributed by atoms with Crippen LogP contribution < -0.4 is 14.4 Å². The molecule has 2 saturated heterocycles. The monoisotopic (exact) mass is 401 g/mol. The van der Waals surface area contributed by atoms with Crippen molar-refractivity contribution < 1.29 is 19.1 Å². The van der Waals surface area contributed by atoms with Gasteiger partial charge in [0.15, 0.2) is 0 Å². The largest absolute Gasteiger partial charge is 0.497 e. The number of amides is 2. The number of hydrogen-bond acceptors (Lipinski definition) is 5. The first-order chi connectivity index (χ1) is 13.5. The second-order valence-corrected chi connectivity index (χ2v) is 7.34. The Morgan fingerprint density at radius 1 is 1.21 bits per heavy atom. The number of hydrogen-bond donors (Lipinski definition) is 0. The zero-order valence-electron chi connectivity index (χ0n) is 15.4. The molecule has 0 saturated carbocycles. The molecule has 0 N–H and O–H groups in total. The average molecular weight is 402 g/mol. The molecule has 0 radical (unpaired) electrons. The molecule has 28 heavy (non-hydrogen) atoms. The second-order valence-electron chi connectivity index (χ2n) is 6.90. The fraction of sp³-hybridized carbons (Fsp3) is 0.350. The Kier molecular flexibility index (Phi) is 5.09. The quantitative estimate of drug-likeness (QED) is 0.769. The van der Waals surface area contributed by atoms with Gasteiger partial charge in [0.25, 0.3) is 0 Å². The lowest BCUT2D eigenvalue weighted by Gasteiger charge is -2.39. The Morgan fingerprint density at radius 3 is 2.75 bits per heavy atom. The number of halogens is 1. The van der Waals surface area contributed by atoms with Gasteiger partial charge in [-0.3, -0.25) is 9.59 Å². The van der Waals surface area contributed by atoms with Crippen molar-refractivity contribution in [2.24, 2.45) is 5.92 Å². The molecule has 1 aromatic heterocycles. The van der Waals surface area contributed by atoms with E-state index in [2.05, 4.69) is 4.98 Å². The van der Waals surface area contributed by atoms with E-state index in [0.29, 0.717) is 36.3 Å². The number of carbonyl (C=O) groups is 2. The minimum atomic E-state index is -0.340. The molecule has 1 atom stereocenters. The number of nitrogens with zero attached hydrogens (tertiary/aromatic N) is 3. The first kappa shape index (κ1) is 18.6. The van der Waals surface area contributed by atoms with Crippen molar-refractivity contribution in [3.05, 3.63) is 47.6 Å². The topological polar surface area (TPSA) is 72.0 Å². The summed E-state index contributed by atoms with van der Waals surface area (Å²) in [6.45, 7) is 1.37. The molecule has 3 heterocycles. The molecule has 7 nitrogen and oxygen atoms in total. The molecule has 4 rings (SSSR count). The maximum absolute atomic E-state index is 12.7. The lowest BCUT2D eigenvalue weighted by Crippen LogP contribution is -2.57. The number of rotatable bonds is 5. The Hall–Kier alpha value is -2.80. The molecule has 2 amide bonds. The van der Waals surface area contributed by atoms with Crippen molar-refractivity contribution in [1.82, 2.24) is 9.88 Å². The Morgan fingerprint density at radius 2 is 2.04 bits per heavy atom. The van der Waals surface area contributed by atoms with E-state index in [1.54, 1.807) is 35.1 Å². The molecule has 2 fully saturated rings. The van der Waals surface area contributed by atoms with Crippen molar-refractivity contribution in [3.63, 3.8) is 0 Å². The predicted molar refractivity (Wildman–Crippen MR) is 104 cm³/mol. The van der Waals surface area contributed by atoms with Crippen LogP contribution in [0.25, 0.3) is 0 Å². The van der Waals surface area contributed by atoms with Crippen LogP contribution in [0.2, 0.25) is 5.02 Å². The minimum absolute atomic E-state index is 0.0114. The van der Waals surface area contributed by atoms with E-state index < -0.39 is 0 Å². The summed E-state index contributed by atoms with van der Waals surface area (Å²) in [5.41, 5.74) is 0.748. The zero-order valence-corrected chi connectivity index (χ0v) is 16.1. The van der Waals surface area contributed by atoms with Crippen molar-refractivity contribution in [1.29, 1.82) is 0 Å². The van der Waals surface area contributed by atoms with Crippen LogP contribution in [0, 0.1) is 5.92 Å². The smallest absolute Gasteiger partial charge is 0.228 e. The SMILES string of the molecule is COc1cccc(N2CC(C(=O)N3CC(Oc4ccc(Cl)cn4)C3)CC2=O)c1. The highest BCUT2D eigenvalue weighted by molar-refractivity contribution is 6.30. The summed E-state index contributed by atoms with van der Waals surface area (Å²) < 4.78 is 10.9. The fourth-order valence-electron chi connectivity index (χ4n) is 3.45. The summed E-state index contributed by atoms with van der Waals surface area (Å²) in [5.74, 6) is 0.765. The highest BCUT2D eigenvalue weighted by atomic mass is 35.5. The standard InChI is InChI=1S/C20H20ClN3O4/c1-27-16-4-2-3-15(8-16)24-10-13(7-19(24)25)20(26)23-11-17(12-23)28-18-6-5-14(21)9-22-18/h2-6,8-9,13,17H,7,10-12H2,1H3. The van der Waals surface area contributed by atoms with Gasteiger partial charge in [-0.1, -0.05) is 17.7 Å². The molecular formula is C20H20ClN3O4. The summed E-state index contributed by atoms with van der Waals surface area (Å²) in [4.78, 5) is 32.6. The lowest BCUT2D eigenvalue weighted by molar-refractivity contribution is -0.144. The van der Waals surface area contributed by atoms with Crippen molar-refractivity contribution in [3.8, 4) is 11.6 Å². The molecule has 0 bridgehead atoms. The highest BCUT2D eigenvalue weighted by Crippen LogP contribution is 2.30. The molecule has 2 aliphatic rings. The normalized spacial score (nSPS) is 19.5. The third kappa shape index (κ3) is 3.75. The first-order valence-electron chi connectivity index (χ1n) is 9.05. The molecular weight excluding hydrogens is 382 g/mol. The van der Waals surface area contributed by atoms with Gasteiger partial charge < -0.3 is 19.3 Å². The van der Waals surface area contributed by atoms with E-state index in [4.69, 9.17) is 21.1 Å². The van der Waals surface area contributed by atoms with E-state index >= 15 is 0 Å². The third-order valence-electron chi connectivity index (χ3n) is 4.99. The third-order valence-corrected chi connectivity index (χ3v) is 5.21. The molecule has 0 aliphatic carbocycles. The number of carbonyl (C=O) groups excluding carboxylic acids is 2. The molecule has 8 heteroatoms. The number of ether oxygens (including phenoxy) is 2. The van der Waals surface area contributed by atoms with Crippen LogP contribution in [-0.2, 0) is 9.59 Å². The number of aromatic nitrogens is 1. The maximum atomic E-state index is 12.7. The first-order valence-corrected chi connectivity index (χ1v) is 9.42. The van der Waals surface area contributed by atoms with Gasteiger partial charge in [-0.15, -0.1) is 0 Å². The molecule has 1 aromatic carbocycles. The van der Waals surface area contributed by atoms with E-state index in [1.165, 1.54) is 6.20 Å². The zero-order chi connectivity index (χ0) is 19.7. The van der Waals surface area contributed by atoms with Crippen LogP contribution in [0.5, 0.6) is 11.6 Å². The summed E-state index contributed by atoms with van der Waals surface area (Å²) in [6.07, 6.45) is 1.65. The van der Waals surface area contributed by atoms with Gasteiger partial charge in [0.1, 0.15) is 11.9 Å². The van der Waals surface area contributed by atoms with Crippen LogP contribution in [0.1, 0.15) is 6.42 Å². The van der Waals surface area contributed by atoms with Gasteiger partial charge in [0, 0.05) is 37.0 Å². The number of likely N-dealkylation sites (tertiary alicyclic amines) is 1. The Balaban J connectivity index is 1.32. The van der Waals surface area contributed by atoms with Crippen LogP contribution >= 0.6 is 11.6 Å². The molecule has 146 valence electrons. The van der Waals surface area contributed by atoms with Crippen molar-refractivity contribution in [2.45, 2.75) is 12.5 Å². The number of pyridine rings is 1. The van der Waals surface area contributed by atoms with Crippen LogP contribution in [0.4, 0.5) is 5.69 Å². The summed E-state index contributed by atoms with van der Waals surface area (Å²) >= 11 is 5.81. The van der Waals surface area contributed by atoms with Gasteiger partial charge in [-0.2, -0.15) is 0 Å². The fourth-order valence-corrected chi connectivity index (χ4v) is 3.57. The summed E-state index contributed by atoms with van der Waals surface area (Å²) in [7, 11) is 1.58. The molecule has 0 spiro atoms. The lowest BCUT2D eigenvalue weighted by atomic mass is 10.0.